The van der Waals surface area contributed by atoms with E-state index in [2.05, 4.69) is 15.3 Å². The summed E-state index contributed by atoms with van der Waals surface area (Å²) >= 11 is 0. The summed E-state index contributed by atoms with van der Waals surface area (Å²) in [5, 5.41) is 2.19. The van der Waals surface area contributed by atoms with E-state index in [0.717, 1.165) is 10.5 Å². The Bertz CT molecular complexity index is 833. The summed E-state index contributed by atoms with van der Waals surface area (Å²) in [6, 6.07) is 9.58. The zero-order valence-electron chi connectivity index (χ0n) is 12.8. The number of imide groups is 2. The molecule has 3 rings (SSSR count). The Morgan fingerprint density at radius 1 is 1.17 bits per heavy atom. The van der Waals surface area contributed by atoms with Gasteiger partial charge in [0.2, 0.25) is 5.91 Å². The van der Waals surface area contributed by atoms with Crippen LogP contribution in [0.5, 0.6) is 0 Å². The van der Waals surface area contributed by atoms with Gasteiger partial charge in [-0.05, 0) is 30.7 Å². The van der Waals surface area contributed by atoms with E-state index in [1.54, 1.807) is 49.5 Å². The molecule has 0 bridgehead atoms. The molecule has 0 saturated carbocycles. The molecule has 1 atom stereocenters. The molecule has 7 nitrogen and oxygen atoms in total. The number of aliphatic imine (C=N–C) groups is 1. The second-order valence-electron chi connectivity index (χ2n) is 5.22. The van der Waals surface area contributed by atoms with Crippen molar-refractivity contribution in [1.29, 1.82) is 0 Å². The zero-order valence-corrected chi connectivity index (χ0v) is 12.8. The van der Waals surface area contributed by atoms with Crippen molar-refractivity contribution in [2.24, 2.45) is 10.9 Å². The van der Waals surface area contributed by atoms with Gasteiger partial charge in [-0.15, -0.1) is 0 Å². The Kier molecular flexibility index (Phi) is 4.15. The molecule has 1 aromatic carbocycles. The van der Waals surface area contributed by atoms with Gasteiger partial charge in [0.05, 0.1) is 17.6 Å². The van der Waals surface area contributed by atoms with Crippen LogP contribution in [0, 0.1) is 12.8 Å². The van der Waals surface area contributed by atoms with Crippen molar-refractivity contribution in [3.63, 3.8) is 0 Å². The van der Waals surface area contributed by atoms with Gasteiger partial charge in [-0.3, -0.25) is 24.9 Å². The molecule has 2 heterocycles. The number of anilines is 1. The lowest BCUT2D eigenvalue weighted by Crippen LogP contribution is -2.58. The highest BCUT2D eigenvalue weighted by molar-refractivity contribution is 6.32. The van der Waals surface area contributed by atoms with Crippen molar-refractivity contribution >= 4 is 35.4 Å². The molecule has 1 fully saturated rings. The largest absolute Gasteiger partial charge is 0.335 e. The molecule has 0 radical (unpaired) electrons. The zero-order chi connectivity index (χ0) is 17.1. The molecule has 4 amide bonds. The predicted octanol–water partition coefficient (Wildman–Crippen LogP) is 1.99. The fourth-order valence-electron chi connectivity index (χ4n) is 2.35. The minimum atomic E-state index is -1.18. The second kappa shape index (κ2) is 6.41. The maximum absolute atomic E-state index is 12.7. The number of nitrogens with one attached hydrogen (secondary N) is 1. The summed E-state index contributed by atoms with van der Waals surface area (Å²) in [5.41, 5.74) is 1.70. The van der Waals surface area contributed by atoms with Crippen LogP contribution in [0.25, 0.3) is 0 Å². The molecule has 0 unspecified atom stereocenters. The number of aromatic nitrogens is 1. The molecule has 1 N–H and O–H groups in total. The van der Waals surface area contributed by atoms with E-state index in [9.17, 15) is 14.4 Å². The normalized spacial score (nSPS) is 18.1. The summed E-state index contributed by atoms with van der Waals surface area (Å²) in [5.74, 6) is -2.50. The number of carbonyl (C=O) groups is 3. The summed E-state index contributed by atoms with van der Waals surface area (Å²) in [6.45, 7) is 1.78. The topological polar surface area (TPSA) is 91.7 Å². The number of rotatable bonds is 3. The lowest BCUT2D eigenvalue weighted by Gasteiger charge is -2.29. The molecule has 1 aliphatic rings. The number of aryl methyl sites for hydroxylation is 1. The van der Waals surface area contributed by atoms with Crippen LogP contribution in [-0.2, 0) is 9.59 Å². The second-order valence-corrected chi connectivity index (χ2v) is 5.22. The Morgan fingerprint density at radius 3 is 2.67 bits per heavy atom. The number of urea groups is 1. The average Bonchev–Trinajstić information content (AvgIpc) is 2.57. The summed E-state index contributed by atoms with van der Waals surface area (Å²) in [6.07, 6.45) is 4.33. The monoisotopic (exact) mass is 322 g/mol. The Hall–Kier alpha value is -3.35. The van der Waals surface area contributed by atoms with Crippen LogP contribution in [-0.4, -0.2) is 29.0 Å². The van der Waals surface area contributed by atoms with Crippen LogP contribution >= 0.6 is 0 Å². The summed E-state index contributed by atoms with van der Waals surface area (Å²) in [7, 11) is 0. The molecule has 24 heavy (non-hydrogen) atoms. The van der Waals surface area contributed by atoms with E-state index in [0.29, 0.717) is 11.4 Å². The molecule has 120 valence electrons. The molecular formula is C17H14N4O3. The third kappa shape index (κ3) is 2.91. The number of carbonyl (C=O) groups excluding carboxylic acids is 3. The van der Waals surface area contributed by atoms with Gasteiger partial charge in [-0.25, -0.2) is 9.69 Å². The fourth-order valence-corrected chi connectivity index (χ4v) is 2.35. The Balaban J connectivity index is 1.92. The van der Waals surface area contributed by atoms with E-state index in [1.807, 2.05) is 0 Å². The van der Waals surface area contributed by atoms with Crippen molar-refractivity contribution in [3.8, 4) is 0 Å². The van der Waals surface area contributed by atoms with Gasteiger partial charge in [0.1, 0.15) is 0 Å². The van der Waals surface area contributed by atoms with Crippen LogP contribution in [0.1, 0.15) is 5.56 Å². The van der Waals surface area contributed by atoms with Gasteiger partial charge in [0.25, 0.3) is 5.91 Å². The number of nitrogens with zero attached hydrogens (tertiary/aromatic N) is 3. The number of barbiturate groups is 1. The van der Waals surface area contributed by atoms with Gasteiger partial charge in [0, 0.05) is 12.4 Å². The average molecular weight is 322 g/mol. The molecular weight excluding hydrogens is 308 g/mol. The lowest BCUT2D eigenvalue weighted by molar-refractivity contribution is -0.131. The van der Waals surface area contributed by atoms with E-state index in [-0.39, 0.29) is 0 Å². The summed E-state index contributed by atoms with van der Waals surface area (Å²) < 4.78 is 0. The first-order chi connectivity index (χ1) is 11.6. The number of hydrogen-bond donors (Lipinski definition) is 1. The van der Waals surface area contributed by atoms with Gasteiger partial charge in [-0.2, -0.15) is 0 Å². The number of benzene rings is 1. The minimum Gasteiger partial charge on any atom is -0.276 e. The minimum absolute atomic E-state index is 0.437. The third-order valence-electron chi connectivity index (χ3n) is 3.58. The van der Waals surface area contributed by atoms with E-state index in [1.165, 1.54) is 12.4 Å². The van der Waals surface area contributed by atoms with Crippen molar-refractivity contribution in [1.82, 2.24) is 10.3 Å². The van der Waals surface area contributed by atoms with Crippen LogP contribution < -0.4 is 10.2 Å². The molecule has 2 aromatic rings. The van der Waals surface area contributed by atoms with Crippen LogP contribution in [0.2, 0.25) is 0 Å². The first kappa shape index (κ1) is 15.5. The molecule has 1 saturated heterocycles. The third-order valence-corrected chi connectivity index (χ3v) is 3.58. The SMILES string of the molecule is Cc1ccccc1N1C(=O)NC(=O)[C@H](C=Nc2cccnc2)C1=O. The molecule has 0 spiro atoms. The number of pyridine rings is 1. The van der Waals surface area contributed by atoms with E-state index >= 15 is 0 Å². The maximum Gasteiger partial charge on any atom is 0.335 e. The first-order valence-corrected chi connectivity index (χ1v) is 7.26. The van der Waals surface area contributed by atoms with Gasteiger partial charge >= 0.3 is 6.03 Å². The highest BCUT2D eigenvalue weighted by Gasteiger charge is 2.40. The van der Waals surface area contributed by atoms with Crippen LogP contribution in [0.4, 0.5) is 16.2 Å². The van der Waals surface area contributed by atoms with Crippen molar-refractivity contribution in [2.75, 3.05) is 4.90 Å². The predicted molar refractivity (Wildman–Crippen MR) is 88.1 cm³/mol. The standard InChI is InChI=1S/C17H14N4O3/c1-11-5-2-3-7-14(11)21-16(23)13(15(22)20-17(21)24)10-19-12-6-4-8-18-9-12/h2-10,13H,1H3,(H,20,22,24)/t13-/m0/s1. The Morgan fingerprint density at radius 2 is 1.96 bits per heavy atom. The summed E-state index contributed by atoms with van der Waals surface area (Å²) in [4.78, 5) is 45.8. The highest BCUT2D eigenvalue weighted by atomic mass is 16.2. The molecule has 7 heteroatoms. The van der Waals surface area contributed by atoms with Gasteiger partial charge in [-0.1, -0.05) is 18.2 Å². The highest BCUT2D eigenvalue weighted by Crippen LogP contribution is 2.24. The smallest absolute Gasteiger partial charge is 0.276 e. The maximum atomic E-state index is 12.7. The van der Waals surface area contributed by atoms with Gasteiger partial charge < -0.3 is 0 Å². The van der Waals surface area contributed by atoms with Crippen LogP contribution in [0.15, 0.2) is 53.8 Å². The van der Waals surface area contributed by atoms with Crippen molar-refractivity contribution < 1.29 is 14.4 Å². The molecule has 1 aromatic heterocycles. The Labute approximate surface area is 138 Å². The quantitative estimate of drug-likeness (QED) is 0.691. The fraction of sp³-hybridized carbons (Fsp3) is 0.118. The number of hydrogen-bond acceptors (Lipinski definition) is 5. The van der Waals surface area contributed by atoms with Crippen molar-refractivity contribution in [2.45, 2.75) is 6.92 Å². The number of amides is 4. The number of para-hydroxylation sites is 1. The van der Waals surface area contributed by atoms with Gasteiger partial charge in [0.15, 0.2) is 5.92 Å². The lowest BCUT2D eigenvalue weighted by atomic mass is 10.0. The van der Waals surface area contributed by atoms with E-state index in [4.69, 9.17) is 0 Å². The van der Waals surface area contributed by atoms with E-state index < -0.39 is 23.8 Å². The van der Waals surface area contributed by atoms with Crippen LogP contribution in [0.3, 0.4) is 0 Å². The molecule has 0 aliphatic carbocycles. The van der Waals surface area contributed by atoms with Crippen molar-refractivity contribution in [3.05, 3.63) is 54.4 Å². The first-order valence-electron chi connectivity index (χ1n) is 7.26. The molecule has 1 aliphatic heterocycles.